The fourth-order valence-electron chi connectivity index (χ4n) is 5.12. The third-order valence-electron chi connectivity index (χ3n) is 7.42. The van der Waals surface area contributed by atoms with E-state index in [1.807, 2.05) is 24.3 Å². The van der Waals surface area contributed by atoms with E-state index in [4.69, 9.17) is 19.2 Å². The van der Waals surface area contributed by atoms with Crippen LogP contribution in [0.1, 0.15) is 63.0 Å². The average molecular weight is 760 g/mol. The Hall–Kier alpha value is -5.42. The summed E-state index contributed by atoms with van der Waals surface area (Å²) < 4.78 is 98.5. The summed E-state index contributed by atoms with van der Waals surface area (Å²) in [5, 5.41) is 0.557. The number of methoxy groups -OCH3 is 1. The highest BCUT2D eigenvalue weighted by Gasteiger charge is 2.35. The molecule has 53 heavy (non-hydrogen) atoms. The molecule has 17 heteroatoms. The van der Waals surface area contributed by atoms with Gasteiger partial charge in [0.2, 0.25) is 0 Å². The Morgan fingerprint density at radius 2 is 1.25 bits per heavy atom. The third-order valence-corrected chi connectivity index (χ3v) is 8.49. The van der Waals surface area contributed by atoms with Crippen molar-refractivity contribution in [2.75, 3.05) is 20.3 Å². The van der Waals surface area contributed by atoms with Crippen molar-refractivity contribution in [3.63, 3.8) is 0 Å². The third kappa shape index (κ3) is 10.1. The number of ether oxygens (including phenoxy) is 3. The second-order valence-electron chi connectivity index (χ2n) is 11.3. The van der Waals surface area contributed by atoms with Crippen LogP contribution in [0.4, 0.5) is 26.3 Å². The summed E-state index contributed by atoms with van der Waals surface area (Å²) in [6, 6.07) is 15.8. The first kappa shape index (κ1) is 38.8. The smallest absolute Gasteiger partial charge is 0.433 e. The number of carbonyl (C=O) groups excluding carboxylic acids is 2. The minimum atomic E-state index is -4.94. The molecule has 5 aromatic rings. The minimum absolute atomic E-state index is 0.101. The summed E-state index contributed by atoms with van der Waals surface area (Å²) in [4.78, 5) is 43.9. The van der Waals surface area contributed by atoms with Gasteiger partial charge in [-0.05, 0) is 80.1 Å². The number of esters is 2. The molecule has 0 fully saturated rings. The Bertz CT molecular complexity index is 1990. The van der Waals surface area contributed by atoms with Gasteiger partial charge in [-0.3, -0.25) is 4.90 Å². The Morgan fingerprint density at radius 3 is 1.74 bits per heavy atom. The quantitative estimate of drug-likeness (QED) is 0.0858. The summed E-state index contributed by atoms with van der Waals surface area (Å²) in [5.74, 6) is -1.34. The van der Waals surface area contributed by atoms with Crippen LogP contribution in [0, 0.1) is 0 Å². The number of nitrogens with zero attached hydrogens (tertiary/aromatic N) is 5. The normalized spacial score (nSPS) is 11.8. The van der Waals surface area contributed by atoms with Gasteiger partial charge in [0.05, 0.1) is 59.1 Å². The van der Waals surface area contributed by atoms with Crippen molar-refractivity contribution in [1.29, 1.82) is 0 Å². The summed E-state index contributed by atoms with van der Waals surface area (Å²) in [5.41, 5.74) is -2.29. The molecule has 0 atom stereocenters. The predicted molar refractivity (Wildman–Crippen MR) is 181 cm³/mol. The van der Waals surface area contributed by atoms with E-state index in [1.165, 1.54) is 30.1 Å². The number of hydrogen-bond donors (Lipinski definition) is 0. The number of pyridine rings is 3. The molecule has 0 aliphatic carbocycles. The van der Waals surface area contributed by atoms with E-state index < -0.39 is 59.9 Å². The summed E-state index contributed by atoms with van der Waals surface area (Å²) in [6.07, 6.45) is -8.19. The molecule has 0 amide bonds. The van der Waals surface area contributed by atoms with Crippen LogP contribution in [0.2, 0.25) is 0 Å². The fourth-order valence-corrected chi connectivity index (χ4v) is 6.01. The zero-order valence-electron chi connectivity index (χ0n) is 28.4. The first-order valence-electron chi connectivity index (χ1n) is 16.0. The van der Waals surface area contributed by atoms with Gasteiger partial charge in [-0.1, -0.05) is 6.07 Å². The SMILES string of the molecule is CCOC(=O)c1cc(CN(Cc2cccc(-c3ncc(-c4ccc(OC)cc4)s3)n2)Cc2cc(C(=O)OCC)cc(C(F)(F)F)n2)nc(C(F)(F)F)c1. The molecule has 1 aromatic carbocycles. The van der Waals surface area contributed by atoms with Gasteiger partial charge in [-0.2, -0.15) is 26.3 Å². The van der Waals surface area contributed by atoms with Gasteiger partial charge in [0.1, 0.15) is 22.1 Å². The van der Waals surface area contributed by atoms with Gasteiger partial charge < -0.3 is 14.2 Å². The van der Waals surface area contributed by atoms with E-state index >= 15 is 0 Å². The van der Waals surface area contributed by atoms with Crippen LogP contribution in [-0.4, -0.2) is 57.1 Å². The molecule has 10 nitrogen and oxygen atoms in total. The maximum Gasteiger partial charge on any atom is 0.433 e. The Balaban J connectivity index is 1.53. The minimum Gasteiger partial charge on any atom is -0.497 e. The molecule has 0 radical (unpaired) electrons. The van der Waals surface area contributed by atoms with Crippen molar-refractivity contribution in [2.45, 2.75) is 45.8 Å². The maximum atomic E-state index is 13.9. The van der Waals surface area contributed by atoms with Crippen LogP contribution >= 0.6 is 11.3 Å². The van der Waals surface area contributed by atoms with E-state index in [2.05, 4.69) is 15.0 Å². The molecule has 0 saturated carbocycles. The molecular weight excluding hydrogens is 728 g/mol. The van der Waals surface area contributed by atoms with E-state index in [0.717, 1.165) is 22.6 Å². The van der Waals surface area contributed by atoms with E-state index in [1.54, 1.807) is 31.5 Å². The summed E-state index contributed by atoms with van der Waals surface area (Å²) in [6.45, 7) is 1.83. The van der Waals surface area contributed by atoms with Gasteiger partial charge in [-0.25, -0.2) is 29.5 Å². The predicted octanol–water partition coefficient (Wildman–Crippen LogP) is 8.26. The second-order valence-corrected chi connectivity index (χ2v) is 12.3. The molecule has 0 saturated heterocycles. The van der Waals surface area contributed by atoms with E-state index in [0.29, 0.717) is 34.3 Å². The number of benzene rings is 1. The lowest BCUT2D eigenvalue weighted by Crippen LogP contribution is -2.26. The maximum absolute atomic E-state index is 13.9. The lowest BCUT2D eigenvalue weighted by Gasteiger charge is -2.23. The van der Waals surface area contributed by atoms with E-state index in [-0.39, 0.29) is 31.1 Å². The highest BCUT2D eigenvalue weighted by Crippen LogP contribution is 2.33. The van der Waals surface area contributed by atoms with Crippen LogP contribution in [0.5, 0.6) is 5.75 Å². The molecule has 278 valence electrons. The fraction of sp³-hybridized carbons (Fsp3) is 0.278. The van der Waals surface area contributed by atoms with Gasteiger partial charge in [0.25, 0.3) is 0 Å². The number of halogens is 6. The van der Waals surface area contributed by atoms with Gasteiger partial charge >= 0.3 is 24.3 Å². The van der Waals surface area contributed by atoms with Crippen molar-refractivity contribution in [1.82, 2.24) is 24.8 Å². The number of alkyl halides is 6. The molecule has 5 rings (SSSR count). The molecule has 4 aromatic heterocycles. The van der Waals surface area contributed by atoms with Crippen molar-refractivity contribution in [2.24, 2.45) is 0 Å². The zero-order valence-corrected chi connectivity index (χ0v) is 29.2. The van der Waals surface area contributed by atoms with Crippen LogP contribution in [0.3, 0.4) is 0 Å². The second kappa shape index (κ2) is 16.5. The molecule has 0 unspecified atom stereocenters. The summed E-state index contributed by atoms with van der Waals surface area (Å²) >= 11 is 1.36. The molecular formula is C36H31F6N5O5S. The van der Waals surface area contributed by atoms with Crippen molar-refractivity contribution < 1.29 is 50.1 Å². The number of thiazole rings is 1. The highest BCUT2D eigenvalue weighted by atomic mass is 32.1. The molecule has 0 aliphatic heterocycles. The Morgan fingerprint density at radius 1 is 0.717 bits per heavy atom. The first-order chi connectivity index (χ1) is 25.2. The van der Waals surface area contributed by atoms with Gasteiger partial charge in [0, 0.05) is 25.8 Å². The van der Waals surface area contributed by atoms with Crippen LogP contribution < -0.4 is 4.74 Å². The largest absolute Gasteiger partial charge is 0.497 e. The van der Waals surface area contributed by atoms with Crippen molar-refractivity contribution in [3.05, 3.63) is 113 Å². The number of hydrogen-bond acceptors (Lipinski definition) is 11. The monoisotopic (exact) mass is 759 g/mol. The topological polar surface area (TPSA) is 117 Å². The molecule has 0 aliphatic rings. The Kier molecular flexibility index (Phi) is 12.1. The highest BCUT2D eigenvalue weighted by molar-refractivity contribution is 7.18. The van der Waals surface area contributed by atoms with Crippen LogP contribution in [0.15, 0.2) is 72.9 Å². The van der Waals surface area contributed by atoms with Gasteiger partial charge in [0.15, 0.2) is 0 Å². The van der Waals surface area contributed by atoms with Crippen LogP contribution in [0.25, 0.3) is 21.1 Å². The number of rotatable bonds is 13. The van der Waals surface area contributed by atoms with Crippen molar-refractivity contribution >= 4 is 23.3 Å². The molecule has 0 bridgehead atoms. The number of carbonyl (C=O) groups is 2. The van der Waals surface area contributed by atoms with Crippen LogP contribution in [-0.2, 0) is 41.5 Å². The lowest BCUT2D eigenvalue weighted by molar-refractivity contribution is -0.142. The lowest BCUT2D eigenvalue weighted by atomic mass is 10.1. The molecule has 0 N–H and O–H groups in total. The molecule has 4 heterocycles. The zero-order chi connectivity index (χ0) is 38.3. The summed E-state index contributed by atoms with van der Waals surface area (Å²) in [7, 11) is 1.56. The average Bonchev–Trinajstić information content (AvgIpc) is 3.62. The first-order valence-corrected chi connectivity index (χ1v) is 16.8. The molecule has 0 spiro atoms. The van der Waals surface area contributed by atoms with Crippen molar-refractivity contribution in [3.8, 4) is 26.9 Å². The standard InChI is InChI=1S/C36H31F6N5O5S/c1-4-51-33(48)22-13-25(45-30(15-22)35(37,38)39)19-47(20-26-14-23(34(49)52-5-2)16-31(46-26)36(40,41)42)18-24-7-6-8-28(44-24)32-43-17-29(53-32)21-9-11-27(50-3)12-10-21/h6-17H,4-5,18-20H2,1-3H3. The van der Waals surface area contributed by atoms with Gasteiger partial charge in [-0.15, -0.1) is 11.3 Å². The van der Waals surface area contributed by atoms with E-state index in [9.17, 15) is 35.9 Å². The number of aromatic nitrogens is 4. The Labute approximate surface area is 303 Å².